The van der Waals surface area contributed by atoms with Crippen molar-refractivity contribution in [2.45, 2.75) is 163 Å². The second-order valence-corrected chi connectivity index (χ2v) is 10.2. The van der Waals surface area contributed by atoms with Gasteiger partial charge in [0.05, 0.1) is 26.2 Å². The van der Waals surface area contributed by atoms with Crippen LogP contribution in [-0.2, 0) is 0 Å². The molecule has 0 radical (unpaired) electrons. The van der Waals surface area contributed by atoms with Crippen molar-refractivity contribution in [2.75, 3.05) is 26.2 Å². The predicted molar refractivity (Wildman–Crippen MR) is 139 cm³/mol. The average Bonchev–Trinajstić information content (AvgIpc) is 2.76. The zero-order valence-corrected chi connectivity index (χ0v) is 22.1. The van der Waals surface area contributed by atoms with Gasteiger partial charge in [0, 0.05) is 0 Å². The normalized spacial score (nSPS) is 12.0. The first-order chi connectivity index (χ1) is 14.7. The minimum atomic E-state index is 1.35. The summed E-state index contributed by atoms with van der Waals surface area (Å²) >= 11 is 0. The summed E-state index contributed by atoms with van der Waals surface area (Å²) in [5.74, 6) is 0. The van der Waals surface area contributed by atoms with Crippen LogP contribution in [0.5, 0.6) is 0 Å². The van der Waals surface area contributed by atoms with Gasteiger partial charge in [-0.15, -0.1) is 0 Å². The molecule has 182 valence electrons. The Morgan fingerprint density at radius 1 is 0.300 bits per heavy atom. The topological polar surface area (TPSA) is 0 Å². The SMILES string of the molecule is CCCCCCCCCCCC[N+](CC)(CCC)CCCCCCCCCCCC. The molecule has 0 fully saturated rings. The van der Waals surface area contributed by atoms with E-state index in [-0.39, 0.29) is 0 Å². The highest BCUT2D eigenvalue weighted by molar-refractivity contribution is 4.52. The second-order valence-electron chi connectivity index (χ2n) is 10.2. The van der Waals surface area contributed by atoms with Crippen molar-refractivity contribution in [1.29, 1.82) is 0 Å². The van der Waals surface area contributed by atoms with Gasteiger partial charge in [-0.3, -0.25) is 0 Å². The molecule has 0 rings (SSSR count). The average molecular weight is 425 g/mol. The molecule has 0 saturated heterocycles. The standard InChI is InChI=1S/C29H62N/c1-5-9-11-13-15-17-19-21-23-25-28-30(8-4,27-7-3)29-26-24-22-20-18-16-14-12-10-6-2/h5-29H2,1-4H3/q+1. The lowest BCUT2D eigenvalue weighted by molar-refractivity contribution is -0.927. The van der Waals surface area contributed by atoms with Gasteiger partial charge in [0.2, 0.25) is 0 Å². The van der Waals surface area contributed by atoms with Gasteiger partial charge in [0.1, 0.15) is 0 Å². The molecule has 0 amide bonds. The van der Waals surface area contributed by atoms with E-state index in [1.54, 1.807) is 0 Å². The second kappa shape index (κ2) is 23.6. The fourth-order valence-corrected chi connectivity index (χ4v) is 5.15. The maximum absolute atomic E-state index is 2.45. The van der Waals surface area contributed by atoms with Crippen molar-refractivity contribution < 1.29 is 4.48 Å². The molecule has 0 atom stereocenters. The smallest absolute Gasteiger partial charge is 0.0786 e. The molecule has 1 heteroatoms. The van der Waals surface area contributed by atoms with Crippen LogP contribution in [0.1, 0.15) is 163 Å². The highest BCUT2D eigenvalue weighted by Crippen LogP contribution is 2.17. The van der Waals surface area contributed by atoms with Crippen molar-refractivity contribution in [3.63, 3.8) is 0 Å². The number of unbranched alkanes of at least 4 members (excludes halogenated alkanes) is 18. The molecule has 0 N–H and O–H groups in total. The summed E-state index contributed by atoms with van der Waals surface area (Å²) in [6.45, 7) is 15.1. The van der Waals surface area contributed by atoms with Crippen LogP contribution in [0.15, 0.2) is 0 Å². The third-order valence-electron chi connectivity index (χ3n) is 7.34. The Morgan fingerprint density at radius 3 is 0.867 bits per heavy atom. The first kappa shape index (κ1) is 30.0. The Morgan fingerprint density at radius 2 is 0.600 bits per heavy atom. The molecule has 0 aromatic heterocycles. The Kier molecular flexibility index (Phi) is 23.6. The van der Waals surface area contributed by atoms with E-state index < -0.39 is 0 Å². The monoisotopic (exact) mass is 424 g/mol. The number of rotatable bonds is 25. The largest absolute Gasteiger partial charge is 0.324 e. The lowest BCUT2D eigenvalue weighted by Crippen LogP contribution is -2.49. The molecular formula is C29H62N+. The molecule has 0 unspecified atom stereocenters. The van der Waals surface area contributed by atoms with Crippen LogP contribution in [0.25, 0.3) is 0 Å². The zero-order chi connectivity index (χ0) is 22.2. The number of hydrogen-bond donors (Lipinski definition) is 0. The summed E-state index contributed by atoms with van der Waals surface area (Å²) in [5.41, 5.74) is 0. The van der Waals surface area contributed by atoms with Crippen LogP contribution >= 0.6 is 0 Å². The Hall–Kier alpha value is -0.0400. The molecular weight excluding hydrogens is 362 g/mol. The molecule has 0 saturated carbocycles. The van der Waals surface area contributed by atoms with Gasteiger partial charge in [0.25, 0.3) is 0 Å². The summed E-state index contributed by atoms with van der Waals surface area (Å²) in [7, 11) is 0. The summed E-state index contributed by atoms with van der Waals surface area (Å²) in [6, 6.07) is 0. The minimum absolute atomic E-state index is 1.35. The van der Waals surface area contributed by atoms with Crippen molar-refractivity contribution in [2.24, 2.45) is 0 Å². The first-order valence-electron chi connectivity index (χ1n) is 14.6. The third-order valence-corrected chi connectivity index (χ3v) is 7.34. The summed E-state index contributed by atoms with van der Waals surface area (Å²) in [6.07, 6.45) is 30.5. The van der Waals surface area contributed by atoms with E-state index in [4.69, 9.17) is 0 Å². The molecule has 0 spiro atoms. The first-order valence-corrected chi connectivity index (χ1v) is 14.6. The molecule has 0 aliphatic heterocycles. The summed E-state index contributed by atoms with van der Waals surface area (Å²) in [5, 5.41) is 0. The number of quaternary nitrogens is 1. The van der Waals surface area contributed by atoms with Gasteiger partial charge in [-0.05, 0) is 39.0 Å². The van der Waals surface area contributed by atoms with E-state index in [9.17, 15) is 0 Å². The molecule has 0 aromatic carbocycles. The molecule has 1 nitrogen and oxygen atoms in total. The van der Waals surface area contributed by atoms with E-state index >= 15 is 0 Å². The molecule has 0 heterocycles. The van der Waals surface area contributed by atoms with Crippen LogP contribution in [0.2, 0.25) is 0 Å². The van der Waals surface area contributed by atoms with Crippen molar-refractivity contribution in [3.8, 4) is 0 Å². The van der Waals surface area contributed by atoms with Crippen molar-refractivity contribution in [1.82, 2.24) is 0 Å². The maximum Gasteiger partial charge on any atom is 0.0786 e. The summed E-state index contributed by atoms with van der Waals surface area (Å²) in [4.78, 5) is 0. The fraction of sp³-hybridized carbons (Fsp3) is 1.00. The predicted octanol–water partition coefficient (Wildman–Crippen LogP) is 10.1. The lowest BCUT2D eigenvalue weighted by Gasteiger charge is -2.38. The van der Waals surface area contributed by atoms with Crippen LogP contribution in [0.3, 0.4) is 0 Å². The Balaban J connectivity index is 3.77. The lowest BCUT2D eigenvalue weighted by atomic mass is 10.0. The van der Waals surface area contributed by atoms with E-state index in [0.717, 1.165) is 0 Å². The van der Waals surface area contributed by atoms with Gasteiger partial charge >= 0.3 is 0 Å². The van der Waals surface area contributed by atoms with E-state index in [1.807, 2.05) is 0 Å². The molecule has 0 aromatic rings. The van der Waals surface area contributed by atoms with Gasteiger partial charge in [-0.1, -0.05) is 124 Å². The van der Waals surface area contributed by atoms with E-state index in [1.165, 1.54) is 165 Å². The number of nitrogens with zero attached hydrogens (tertiary/aromatic N) is 1. The number of hydrogen-bond acceptors (Lipinski definition) is 0. The van der Waals surface area contributed by atoms with Crippen LogP contribution in [0, 0.1) is 0 Å². The molecule has 0 aliphatic carbocycles. The van der Waals surface area contributed by atoms with Crippen molar-refractivity contribution in [3.05, 3.63) is 0 Å². The minimum Gasteiger partial charge on any atom is -0.324 e. The van der Waals surface area contributed by atoms with E-state index in [0.29, 0.717) is 0 Å². The highest BCUT2D eigenvalue weighted by Gasteiger charge is 2.23. The van der Waals surface area contributed by atoms with Crippen LogP contribution in [0.4, 0.5) is 0 Å². The van der Waals surface area contributed by atoms with Gasteiger partial charge < -0.3 is 4.48 Å². The van der Waals surface area contributed by atoms with E-state index in [2.05, 4.69) is 27.7 Å². The molecule has 30 heavy (non-hydrogen) atoms. The third kappa shape index (κ3) is 18.7. The Labute approximate surface area is 193 Å². The van der Waals surface area contributed by atoms with Gasteiger partial charge in [-0.25, -0.2) is 0 Å². The summed E-state index contributed by atoms with van der Waals surface area (Å²) < 4.78 is 1.41. The van der Waals surface area contributed by atoms with Crippen molar-refractivity contribution >= 4 is 0 Å². The van der Waals surface area contributed by atoms with Gasteiger partial charge in [0.15, 0.2) is 0 Å². The highest BCUT2D eigenvalue weighted by atomic mass is 15.3. The van der Waals surface area contributed by atoms with Crippen LogP contribution in [-0.4, -0.2) is 30.7 Å². The quantitative estimate of drug-likeness (QED) is 0.101. The Bertz CT molecular complexity index is 287. The molecule has 0 bridgehead atoms. The fourth-order valence-electron chi connectivity index (χ4n) is 5.15. The maximum atomic E-state index is 2.45. The van der Waals surface area contributed by atoms with Gasteiger partial charge in [-0.2, -0.15) is 0 Å². The zero-order valence-electron chi connectivity index (χ0n) is 22.1. The molecule has 0 aliphatic rings. The van der Waals surface area contributed by atoms with Crippen LogP contribution < -0.4 is 0 Å².